The van der Waals surface area contributed by atoms with Crippen LogP contribution in [-0.2, 0) is 0 Å². The van der Waals surface area contributed by atoms with Crippen molar-refractivity contribution in [2.75, 3.05) is 32.7 Å². The molecule has 1 aromatic carbocycles. The molecule has 1 rings (SSSR count). The Labute approximate surface area is 110 Å². The lowest BCUT2D eigenvalue weighted by molar-refractivity contribution is 0.399. The Bertz CT molecular complexity index is 394. The van der Waals surface area contributed by atoms with Gasteiger partial charge in [-0.15, -0.1) is 0 Å². The van der Waals surface area contributed by atoms with Gasteiger partial charge in [0.1, 0.15) is 11.5 Å². The molecule has 0 aliphatic rings. The number of hydrogen-bond donors (Lipinski definition) is 1. The molecule has 1 unspecified atom stereocenters. The molecule has 0 amide bonds. The van der Waals surface area contributed by atoms with Gasteiger partial charge in [0.15, 0.2) is 0 Å². The lowest BCUT2D eigenvalue weighted by atomic mass is 10.1. The second kappa shape index (κ2) is 6.50. The minimum atomic E-state index is 0.358. The first-order valence-electron chi connectivity index (χ1n) is 6.20. The Hall–Kier alpha value is -1.42. The standard InChI is InChI=1S/C14H24N2O2/c1-10-8-14(18-5)12(9-13(10)17-4)16(3)11(2)6-7-15/h8-9,11H,6-7,15H2,1-5H3. The summed E-state index contributed by atoms with van der Waals surface area (Å²) in [5, 5.41) is 0. The summed E-state index contributed by atoms with van der Waals surface area (Å²) in [6.45, 7) is 4.84. The summed E-state index contributed by atoms with van der Waals surface area (Å²) < 4.78 is 10.8. The summed E-state index contributed by atoms with van der Waals surface area (Å²) in [6, 6.07) is 4.37. The van der Waals surface area contributed by atoms with E-state index < -0.39 is 0 Å². The van der Waals surface area contributed by atoms with Crippen LogP contribution < -0.4 is 20.1 Å². The molecule has 4 nitrogen and oxygen atoms in total. The van der Waals surface area contributed by atoms with Crippen LogP contribution in [0.25, 0.3) is 0 Å². The highest BCUT2D eigenvalue weighted by atomic mass is 16.5. The molecule has 0 saturated heterocycles. The number of anilines is 1. The minimum Gasteiger partial charge on any atom is -0.496 e. The van der Waals surface area contributed by atoms with E-state index in [1.807, 2.05) is 26.1 Å². The summed E-state index contributed by atoms with van der Waals surface area (Å²) in [6.07, 6.45) is 0.940. The number of benzene rings is 1. The van der Waals surface area contributed by atoms with Crippen LogP contribution in [0.2, 0.25) is 0 Å². The predicted molar refractivity (Wildman–Crippen MR) is 75.8 cm³/mol. The highest BCUT2D eigenvalue weighted by molar-refractivity contribution is 5.64. The van der Waals surface area contributed by atoms with Gasteiger partial charge in [-0.3, -0.25) is 0 Å². The molecule has 0 spiro atoms. The lowest BCUT2D eigenvalue weighted by Crippen LogP contribution is -2.31. The Kier molecular flexibility index (Phi) is 5.28. The summed E-state index contributed by atoms with van der Waals surface area (Å²) in [5.74, 6) is 1.73. The van der Waals surface area contributed by atoms with E-state index in [9.17, 15) is 0 Å². The van der Waals surface area contributed by atoms with Crippen LogP contribution in [0.3, 0.4) is 0 Å². The second-order valence-electron chi connectivity index (χ2n) is 4.53. The van der Waals surface area contributed by atoms with E-state index in [2.05, 4.69) is 11.8 Å². The largest absolute Gasteiger partial charge is 0.496 e. The summed E-state index contributed by atoms with van der Waals surface area (Å²) in [5.41, 5.74) is 7.71. The number of ether oxygens (including phenoxy) is 2. The van der Waals surface area contributed by atoms with Gasteiger partial charge in [0.25, 0.3) is 0 Å². The molecule has 0 fully saturated rings. The fraction of sp³-hybridized carbons (Fsp3) is 0.571. The zero-order chi connectivity index (χ0) is 13.7. The van der Waals surface area contributed by atoms with Crippen molar-refractivity contribution in [2.24, 2.45) is 5.73 Å². The molecular formula is C14H24N2O2. The lowest BCUT2D eigenvalue weighted by Gasteiger charge is -2.29. The molecule has 0 aliphatic carbocycles. The third kappa shape index (κ3) is 3.07. The molecule has 102 valence electrons. The van der Waals surface area contributed by atoms with Crippen LogP contribution in [0, 0.1) is 6.92 Å². The Morgan fingerprint density at radius 2 is 1.83 bits per heavy atom. The first kappa shape index (κ1) is 14.6. The van der Waals surface area contributed by atoms with Gasteiger partial charge in [-0.2, -0.15) is 0 Å². The fourth-order valence-electron chi connectivity index (χ4n) is 1.98. The van der Waals surface area contributed by atoms with Gasteiger partial charge in [-0.1, -0.05) is 0 Å². The molecular weight excluding hydrogens is 228 g/mol. The van der Waals surface area contributed by atoms with E-state index in [0.717, 1.165) is 29.2 Å². The average molecular weight is 252 g/mol. The number of hydrogen-bond acceptors (Lipinski definition) is 4. The highest BCUT2D eigenvalue weighted by Gasteiger charge is 2.16. The fourth-order valence-corrected chi connectivity index (χ4v) is 1.98. The molecule has 18 heavy (non-hydrogen) atoms. The number of aryl methyl sites for hydroxylation is 1. The van der Waals surface area contributed by atoms with E-state index in [4.69, 9.17) is 15.2 Å². The van der Waals surface area contributed by atoms with E-state index >= 15 is 0 Å². The summed E-state index contributed by atoms with van der Waals surface area (Å²) in [4.78, 5) is 2.17. The molecule has 4 heteroatoms. The van der Waals surface area contributed by atoms with Crippen molar-refractivity contribution in [1.29, 1.82) is 0 Å². The quantitative estimate of drug-likeness (QED) is 0.843. The molecule has 0 heterocycles. The predicted octanol–water partition coefficient (Wildman–Crippen LogP) is 2.19. The van der Waals surface area contributed by atoms with Gasteiger partial charge in [-0.05, 0) is 38.4 Å². The van der Waals surface area contributed by atoms with Gasteiger partial charge in [0, 0.05) is 19.2 Å². The van der Waals surface area contributed by atoms with E-state index in [1.165, 1.54) is 0 Å². The van der Waals surface area contributed by atoms with Crippen LogP contribution in [0.1, 0.15) is 18.9 Å². The summed E-state index contributed by atoms with van der Waals surface area (Å²) in [7, 11) is 5.42. The van der Waals surface area contributed by atoms with Crippen LogP contribution in [-0.4, -0.2) is 33.9 Å². The average Bonchev–Trinajstić information content (AvgIpc) is 2.37. The van der Waals surface area contributed by atoms with Crippen molar-refractivity contribution in [3.8, 4) is 11.5 Å². The van der Waals surface area contributed by atoms with Crippen molar-refractivity contribution < 1.29 is 9.47 Å². The van der Waals surface area contributed by atoms with Gasteiger partial charge >= 0.3 is 0 Å². The van der Waals surface area contributed by atoms with Crippen molar-refractivity contribution in [3.05, 3.63) is 17.7 Å². The SMILES string of the molecule is COc1cc(N(C)C(C)CCN)c(OC)cc1C. The maximum Gasteiger partial charge on any atom is 0.142 e. The molecule has 1 atom stereocenters. The van der Waals surface area contributed by atoms with Crippen LogP contribution >= 0.6 is 0 Å². The molecule has 2 N–H and O–H groups in total. The first-order chi connectivity index (χ1) is 8.54. The van der Waals surface area contributed by atoms with E-state index in [0.29, 0.717) is 12.6 Å². The summed E-state index contributed by atoms with van der Waals surface area (Å²) >= 11 is 0. The normalized spacial score (nSPS) is 12.1. The molecule has 0 aliphatic heterocycles. The molecule has 1 aromatic rings. The third-order valence-corrected chi connectivity index (χ3v) is 3.32. The Balaban J connectivity index is 3.12. The van der Waals surface area contributed by atoms with Crippen molar-refractivity contribution in [3.63, 3.8) is 0 Å². The molecule has 0 aromatic heterocycles. The topological polar surface area (TPSA) is 47.7 Å². The van der Waals surface area contributed by atoms with E-state index in [1.54, 1.807) is 14.2 Å². The smallest absolute Gasteiger partial charge is 0.142 e. The molecule has 0 saturated carbocycles. The number of rotatable bonds is 6. The maximum absolute atomic E-state index is 5.61. The van der Waals surface area contributed by atoms with Gasteiger partial charge < -0.3 is 20.1 Å². The van der Waals surface area contributed by atoms with E-state index in [-0.39, 0.29) is 0 Å². The second-order valence-corrected chi connectivity index (χ2v) is 4.53. The minimum absolute atomic E-state index is 0.358. The Morgan fingerprint density at radius 3 is 2.33 bits per heavy atom. The number of nitrogens with two attached hydrogens (primary N) is 1. The van der Waals surface area contributed by atoms with Crippen LogP contribution in [0.4, 0.5) is 5.69 Å². The molecule has 0 bridgehead atoms. The van der Waals surface area contributed by atoms with Gasteiger partial charge in [-0.25, -0.2) is 0 Å². The van der Waals surface area contributed by atoms with Gasteiger partial charge in [0.05, 0.1) is 19.9 Å². The zero-order valence-electron chi connectivity index (χ0n) is 12.0. The van der Waals surface area contributed by atoms with Crippen LogP contribution in [0.5, 0.6) is 11.5 Å². The number of methoxy groups -OCH3 is 2. The van der Waals surface area contributed by atoms with Gasteiger partial charge in [0.2, 0.25) is 0 Å². The maximum atomic E-state index is 5.61. The first-order valence-corrected chi connectivity index (χ1v) is 6.20. The monoisotopic (exact) mass is 252 g/mol. The third-order valence-electron chi connectivity index (χ3n) is 3.32. The van der Waals surface area contributed by atoms with Crippen molar-refractivity contribution in [2.45, 2.75) is 26.3 Å². The van der Waals surface area contributed by atoms with Crippen molar-refractivity contribution >= 4 is 5.69 Å². The highest BCUT2D eigenvalue weighted by Crippen LogP contribution is 2.35. The van der Waals surface area contributed by atoms with Crippen LogP contribution in [0.15, 0.2) is 12.1 Å². The van der Waals surface area contributed by atoms with Crippen molar-refractivity contribution in [1.82, 2.24) is 0 Å². The number of nitrogens with zero attached hydrogens (tertiary/aromatic N) is 1. The Morgan fingerprint density at radius 1 is 1.22 bits per heavy atom. The zero-order valence-corrected chi connectivity index (χ0v) is 12.0. The molecule has 0 radical (unpaired) electrons.